The third kappa shape index (κ3) is 3.84. The molecule has 128 valence electrons. The molecule has 0 radical (unpaired) electrons. The summed E-state index contributed by atoms with van der Waals surface area (Å²) in [5.74, 6) is 0.218. The first-order valence-corrected chi connectivity index (χ1v) is 9.32. The second kappa shape index (κ2) is 7.45. The van der Waals surface area contributed by atoms with Gasteiger partial charge in [0.15, 0.2) is 0 Å². The fourth-order valence-electron chi connectivity index (χ4n) is 3.32. The molecule has 0 aliphatic carbocycles. The minimum absolute atomic E-state index is 0.218. The molecule has 5 heteroatoms. The first kappa shape index (κ1) is 17.1. The van der Waals surface area contributed by atoms with Crippen LogP contribution in [0.1, 0.15) is 28.1 Å². The number of amides is 1. The summed E-state index contributed by atoms with van der Waals surface area (Å²) in [6.07, 6.45) is 2.37. The Morgan fingerprint density at radius 3 is 2.83 bits per heavy atom. The van der Waals surface area contributed by atoms with Crippen LogP contribution in [0.4, 0.5) is 0 Å². The Bertz CT molecular complexity index is 712. The van der Waals surface area contributed by atoms with Gasteiger partial charge in [-0.3, -0.25) is 9.69 Å². The van der Waals surface area contributed by atoms with Crippen LogP contribution < -0.4 is 0 Å². The van der Waals surface area contributed by atoms with Crippen LogP contribution in [0, 0.1) is 6.92 Å². The molecule has 0 spiro atoms. The average Bonchev–Trinajstić information content (AvgIpc) is 2.98. The van der Waals surface area contributed by atoms with E-state index < -0.39 is 0 Å². The minimum Gasteiger partial charge on any atom is -0.344 e. The highest BCUT2D eigenvalue weighted by Crippen LogP contribution is 2.22. The molecule has 3 rings (SSSR count). The molecule has 0 fully saturated rings. The quantitative estimate of drug-likeness (QED) is 0.837. The topological polar surface area (TPSA) is 36.4 Å². The van der Waals surface area contributed by atoms with Gasteiger partial charge in [-0.15, -0.1) is 11.3 Å². The number of carbonyl (C=O) groups excluding carboxylic acids is 1. The largest absolute Gasteiger partial charge is 0.344 e. The zero-order valence-electron chi connectivity index (χ0n) is 14.7. The predicted molar refractivity (Wildman–Crippen MR) is 98.2 cm³/mol. The van der Waals surface area contributed by atoms with Gasteiger partial charge in [-0.1, -0.05) is 24.3 Å². The van der Waals surface area contributed by atoms with Crippen LogP contribution in [-0.4, -0.2) is 47.4 Å². The number of rotatable bonds is 5. The van der Waals surface area contributed by atoms with Gasteiger partial charge in [-0.05, 0) is 37.9 Å². The van der Waals surface area contributed by atoms with Crippen LogP contribution in [0.3, 0.4) is 0 Å². The lowest BCUT2D eigenvalue weighted by Crippen LogP contribution is -2.46. The lowest BCUT2D eigenvalue weighted by atomic mass is 9.94. The predicted octanol–water partition coefficient (Wildman–Crippen LogP) is 2.90. The van der Waals surface area contributed by atoms with Gasteiger partial charge in [-0.25, -0.2) is 4.98 Å². The van der Waals surface area contributed by atoms with Gasteiger partial charge < -0.3 is 4.90 Å². The zero-order chi connectivity index (χ0) is 17.1. The molecule has 1 amide bonds. The number of hydrogen-bond acceptors (Lipinski definition) is 4. The molecule has 1 aromatic heterocycles. The second-order valence-corrected chi connectivity index (χ2v) is 7.62. The standard InChI is InChI=1S/C19H25N3OS/c1-14-18(24-13-20-14)8-9-19(23)22(3)12-17-10-15-6-4-5-7-16(15)11-21(17)2/h4-7,13,17H,8-12H2,1-3H3. The highest BCUT2D eigenvalue weighted by molar-refractivity contribution is 7.09. The molecule has 1 aliphatic rings. The van der Waals surface area contributed by atoms with E-state index in [1.165, 1.54) is 16.0 Å². The smallest absolute Gasteiger partial charge is 0.222 e. The van der Waals surface area contributed by atoms with E-state index in [2.05, 4.69) is 41.2 Å². The van der Waals surface area contributed by atoms with Crippen LogP contribution in [0.2, 0.25) is 0 Å². The Morgan fingerprint density at radius 1 is 1.38 bits per heavy atom. The summed E-state index contributed by atoms with van der Waals surface area (Å²) in [5.41, 5.74) is 5.74. The molecule has 1 aliphatic heterocycles. The van der Waals surface area contributed by atoms with Gasteiger partial charge in [0.05, 0.1) is 11.2 Å². The first-order valence-electron chi connectivity index (χ1n) is 8.44. The lowest BCUT2D eigenvalue weighted by Gasteiger charge is -2.36. The van der Waals surface area contributed by atoms with Crippen LogP contribution in [0.25, 0.3) is 0 Å². The number of hydrogen-bond donors (Lipinski definition) is 0. The van der Waals surface area contributed by atoms with E-state index in [1.807, 2.05) is 24.4 Å². The number of aromatic nitrogens is 1. The molecule has 2 heterocycles. The number of benzene rings is 1. The number of aryl methyl sites for hydroxylation is 2. The van der Waals surface area contributed by atoms with E-state index in [1.54, 1.807) is 11.3 Å². The maximum Gasteiger partial charge on any atom is 0.222 e. The zero-order valence-corrected chi connectivity index (χ0v) is 15.5. The summed E-state index contributed by atoms with van der Waals surface area (Å²) in [7, 11) is 4.08. The van der Waals surface area contributed by atoms with Crippen LogP contribution in [-0.2, 0) is 24.2 Å². The SMILES string of the molecule is Cc1ncsc1CCC(=O)N(C)CC1Cc2ccccc2CN1C. The van der Waals surface area contributed by atoms with Crippen molar-refractivity contribution in [2.75, 3.05) is 20.6 Å². The number of likely N-dealkylation sites (N-methyl/N-ethyl adjacent to an activating group) is 2. The third-order valence-corrected chi connectivity index (χ3v) is 5.93. The Morgan fingerprint density at radius 2 is 2.12 bits per heavy atom. The van der Waals surface area contributed by atoms with Gasteiger partial charge >= 0.3 is 0 Å². The molecular formula is C19H25N3OS. The first-order chi connectivity index (χ1) is 11.5. The molecule has 24 heavy (non-hydrogen) atoms. The molecule has 2 aromatic rings. The van der Waals surface area contributed by atoms with E-state index in [0.29, 0.717) is 12.5 Å². The Labute approximate surface area is 148 Å². The van der Waals surface area contributed by atoms with E-state index in [4.69, 9.17) is 0 Å². The van der Waals surface area contributed by atoms with E-state index in [-0.39, 0.29) is 5.91 Å². The van der Waals surface area contributed by atoms with Crippen molar-refractivity contribution in [2.45, 2.75) is 38.8 Å². The third-order valence-electron chi connectivity index (χ3n) is 4.94. The lowest BCUT2D eigenvalue weighted by molar-refractivity contribution is -0.130. The molecule has 1 atom stereocenters. The molecular weight excluding hydrogens is 318 g/mol. The Kier molecular flexibility index (Phi) is 5.31. The number of fused-ring (bicyclic) bond motifs is 1. The summed E-state index contributed by atoms with van der Waals surface area (Å²) >= 11 is 1.64. The van der Waals surface area contributed by atoms with Crippen molar-refractivity contribution in [1.29, 1.82) is 0 Å². The summed E-state index contributed by atoms with van der Waals surface area (Å²) in [5, 5.41) is 0. The molecule has 0 saturated heterocycles. The molecule has 1 aromatic carbocycles. The Balaban J connectivity index is 1.55. The van der Waals surface area contributed by atoms with Crippen molar-refractivity contribution in [3.8, 4) is 0 Å². The molecule has 4 nitrogen and oxygen atoms in total. The molecule has 0 saturated carbocycles. The Hall–Kier alpha value is -1.72. The van der Waals surface area contributed by atoms with E-state index in [0.717, 1.165) is 31.6 Å². The summed E-state index contributed by atoms with van der Waals surface area (Å²) in [4.78, 5) is 22.2. The average molecular weight is 343 g/mol. The number of carbonyl (C=O) groups is 1. The van der Waals surface area contributed by atoms with Gasteiger partial charge in [0.1, 0.15) is 0 Å². The summed E-state index contributed by atoms with van der Waals surface area (Å²) in [6.45, 7) is 3.75. The van der Waals surface area contributed by atoms with Crippen molar-refractivity contribution >= 4 is 17.2 Å². The van der Waals surface area contributed by atoms with Crippen LogP contribution in [0.5, 0.6) is 0 Å². The van der Waals surface area contributed by atoms with Crippen molar-refractivity contribution in [3.05, 3.63) is 51.5 Å². The monoisotopic (exact) mass is 343 g/mol. The van der Waals surface area contributed by atoms with Crippen molar-refractivity contribution in [2.24, 2.45) is 0 Å². The van der Waals surface area contributed by atoms with Gasteiger partial charge in [0.2, 0.25) is 5.91 Å². The van der Waals surface area contributed by atoms with E-state index in [9.17, 15) is 4.79 Å². The van der Waals surface area contributed by atoms with Crippen molar-refractivity contribution in [1.82, 2.24) is 14.8 Å². The van der Waals surface area contributed by atoms with Crippen LogP contribution >= 0.6 is 11.3 Å². The second-order valence-electron chi connectivity index (χ2n) is 6.68. The maximum absolute atomic E-state index is 12.5. The minimum atomic E-state index is 0.218. The van der Waals surface area contributed by atoms with Gasteiger partial charge in [-0.2, -0.15) is 0 Å². The van der Waals surface area contributed by atoms with E-state index >= 15 is 0 Å². The molecule has 0 bridgehead atoms. The molecule has 0 N–H and O–H groups in total. The van der Waals surface area contributed by atoms with Gasteiger partial charge in [0.25, 0.3) is 0 Å². The highest BCUT2D eigenvalue weighted by Gasteiger charge is 2.25. The highest BCUT2D eigenvalue weighted by atomic mass is 32.1. The summed E-state index contributed by atoms with van der Waals surface area (Å²) in [6, 6.07) is 9.01. The number of thiazole rings is 1. The van der Waals surface area contributed by atoms with Crippen molar-refractivity contribution in [3.63, 3.8) is 0 Å². The maximum atomic E-state index is 12.5. The number of nitrogens with zero attached hydrogens (tertiary/aromatic N) is 3. The van der Waals surface area contributed by atoms with Crippen LogP contribution in [0.15, 0.2) is 29.8 Å². The molecule has 1 unspecified atom stereocenters. The normalized spacial score (nSPS) is 17.5. The van der Waals surface area contributed by atoms with Gasteiger partial charge in [0, 0.05) is 37.5 Å². The van der Waals surface area contributed by atoms with Crippen molar-refractivity contribution < 1.29 is 4.79 Å². The fourth-order valence-corrected chi connectivity index (χ4v) is 4.10. The summed E-state index contributed by atoms with van der Waals surface area (Å²) < 4.78 is 0. The fraction of sp³-hybridized carbons (Fsp3) is 0.474.